The number of aliphatic carboxylic acids is 1. The number of nitrogens with zero attached hydrogens (tertiary/aromatic N) is 1. The summed E-state index contributed by atoms with van der Waals surface area (Å²) in [4.78, 5) is 56.1. The summed E-state index contributed by atoms with van der Waals surface area (Å²) in [7, 11) is 0. The van der Waals surface area contributed by atoms with Crippen LogP contribution in [0, 0.1) is 29.6 Å². The maximum atomic E-state index is 13.6. The van der Waals surface area contributed by atoms with Crippen molar-refractivity contribution in [3.8, 4) is 5.75 Å². The molecule has 2 aromatic carbocycles. The number of carbonyl (C=O) groups excluding carboxylic acids is 2. The monoisotopic (exact) mass is 596 g/mol. The van der Waals surface area contributed by atoms with Crippen molar-refractivity contribution in [3.05, 3.63) is 79.2 Å². The first-order valence-electron chi connectivity index (χ1n) is 13.2. The lowest BCUT2D eigenvalue weighted by Gasteiger charge is -2.43. The fourth-order valence-corrected chi connectivity index (χ4v) is 10.6. The molecule has 2 saturated carbocycles. The number of ether oxygens (including phenoxy) is 1. The van der Waals surface area contributed by atoms with E-state index in [0.29, 0.717) is 17.4 Å². The van der Waals surface area contributed by atoms with Crippen LogP contribution in [-0.2, 0) is 21.0 Å². The number of para-hydroxylation sites is 1. The normalized spacial score (nSPS) is 30.6. The van der Waals surface area contributed by atoms with E-state index in [1.54, 1.807) is 11.8 Å². The molecular weight excluding hydrogens is 572 g/mol. The molecule has 2 aliphatic carbocycles. The molecule has 1 aromatic heterocycles. The number of imide groups is 1. The molecule has 8 nitrogen and oxygen atoms in total. The van der Waals surface area contributed by atoms with Crippen molar-refractivity contribution in [2.24, 2.45) is 29.6 Å². The van der Waals surface area contributed by atoms with Crippen LogP contribution in [0.2, 0.25) is 5.02 Å². The summed E-state index contributed by atoms with van der Waals surface area (Å²) in [5.41, 5.74) is 1.87. The maximum absolute atomic E-state index is 13.6. The fourth-order valence-electron chi connectivity index (χ4n) is 7.54. The zero-order valence-electron chi connectivity index (χ0n) is 21.3. The molecule has 0 radical (unpaired) electrons. The first-order valence-corrected chi connectivity index (χ1v) is 15.3. The number of hydrogen-bond donors (Lipinski definition) is 2. The van der Waals surface area contributed by atoms with Crippen molar-refractivity contribution in [1.29, 1.82) is 0 Å². The Morgan fingerprint density at radius 3 is 2.62 bits per heavy atom. The number of aromatic nitrogens is 1. The van der Waals surface area contributed by atoms with Crippen LogP contribution in [0.15, 0.2) is 58.4 Å². The van der Waals surface area contributed by atoms with E-state index in [-0.39, 0.29) is 45.6 Å². The highest BCUT2D eigenvalue weighted by molar-refractivity contribution is 8.00. The topological polar surface area (TPSA) is 117 Å². The van der Waals surface area contributed by atoms with Crippen LogP contribution in [-0.4, -0.2) is 44.1 Å². The Morgan fingerprint density at radius 1 is 1.12 bits per heavy atom. The van der Waals surface area contributed by atoms with Crippen molar-refractivity contribution < 1.29 is 24.2 Å². The van der Waals surface area contributed by atoms with Crippen molar-refractivity contribution in [1.82, 2.24) is 9.88 Å². The highest BCUT2D eigenvalue weighted by Gasteiger charge is 2.70. The molecule has 0 spiro atoms. The molecule has 2 bridgehead atoms. The zero-order valence-corrected chi connectivity index (χ0v) is 23.7. The maximum Gasteiger partial charge on any atom is 0.326 e. The minimum atomic E-state index is -1.20. The van der Waals surface area contributed by atoms with Crippen LogP contribution in [0.25, 0.3) is 0 Å². The number of halogens is 1. The Morgan fingerprint density at radius 2 is 1.88 bits per heavy atom. The van der Waals surface area contributed by atoms with Gasteiger partial charge in [-0.25, -0.2) is 4.79 Å². The predicted molar refractivity (Wildman–Crippen MR) is 150 cm³/mol. The molecule has 2 amide bonds. The Balaban J connectivity index is 1.28. The molecule has 11 heteroatoms. The molecule has 3 fully saturated rings. The summed E-state index contributed by atoms with van der Waals surface area (Å²) in [6.07, 6.45) is 0.728. The molecule has 2 aliphatic heterocycles. The number of amides is 2. The lowest BCUT2D eigenvalue weighted by atomic mass is 9.68. The number of aromatic amines is 1. The van der Waals surface area contributed by atoms with E-state index in [1.165, 1.54) is 18.3 Å². The van der Waals surface area contributed by atoms with E-state index in [4.69, 9.17) is 16.3 Å². The van der Waals surface area contributed by atoms with E-state index in [1.807, 2.05) is 48.5 Å². The van der Waals surface area contributed by atoms with Crippen LogP contribution < -0.4 is 9.61 Å². The van der Waals surface area contributed by atoms with E-state index >= 15 is 0 Å². The van der Waals surface area contributed by atoms with E-state index in [2.05, 4.69) is 4.98 Å². The third-order valence-electron chi connectivity index (χ3n) is 9.04. The van der Waals surface area contributed by atoms with Gasteiger partial charge >= 0.3 is 10.8 Å². The standard InChI is InChI=1S/C29H25ClN2O6S2/c1-12(28(35)36)32-26(33)21-16-10-17(22(21)27(32)34)23-20(16)19(24-25(39-23)31-29(37)40-24)15-7-2-3-8-18(15)38-11-13-5-4-6-14(30)9-13/h2-9,12,16-17,19-23H,10-11H2,1H3,(H,31,37)(H,35,36)/t12?,16?,17?,19-,20?,21?,22?,23?/m1/s1. The number of thiazole rings is 1. The third kappa shape index (κ3) is 3.79. The SMILES string of the molecule is CC(C(=O)O)N1C(=O)C2C3CC(C2C1=O)C1C3Sc2[nH]c(=O)sc2[C@@H]1c1ccccc1OCc1cccc(Cl)c1. The predicted octanol–water partition coefficient (Wildman–Crippen LogP) is 4.62. The Labute approximate surface area is 242 Å². The minimum Gasteiger partial charge on any atom is -0.489 e. The third-order valence-corrected chi connectivity index (χ3v) is 11.9. The summed E-state index contributed by atoms with van der Waals surface area (Å²) < 4.78 is 6.34. The number of rotatable bonds is 6. The van der Waals surface area contributed by atoms with Crippen molar-refractivity contribution in [3.63, 3.8) is 0 Å². The van der Waals surface area contributed by atoms with Gasteiger partial charge in [0, 0.05) is 26.6 Å². The van der Waals surface area contributed by atoms with Gasteiger partial charge in [0.2, 0.25) is 11.8 Å². The average Bonchev–Trinajstić information content (AvgIpc) is 3.66. The van der Waals surface area contributed by atoms with Gasteiger partial charge < -0.3 is 14.8 Å². The molecule has 40 heavy (non-hydrogen) atoms. The lowest BCUT2D eigenvalue weighted by molar-refractivity contribution is -0.154. The number of likely N-dealkylation sites (tertiary alicyclic amines) is 1. The zero-order chi connectivity index (χ0) is 27.9. The Kier molecular flexibility index (Phi) is 6.14. The molecular formula is C29H25ClN2O6S2. The Hall–Kier alpha value is -3.08. The smallest absolute Gasteiger partial charge is 0.326 e. The van der Waals surface area contributed by atoms with Crippen molar-refractivity contribution in [2.75, 3.05) is 0 Å². The first kappa shape index (κ1) is 25.9. The van der Waals surface area contributed by atoms with Gasteiger partial charge in [0.25, 0.3) is 0 Å². The van der Waals surface area contributed by atoms with Gasteiger partial charge in [-0.1, -0.05) is 53.3 Å². The number of carboxylic acids is 1. The second-order valence-corrected chi connectivity index (χ2v) is 13.6. The quantitative estimate of drug-likeness (QED) is 0.399. The van der Waals surface area contributed by atoms with E-state index in [9.17, 15) is 24.3 Å². The summed E-state index contributed by atoms with van der Waals surface area (Å²) in [6, 6.07) is 14.1. The molecule has 1 saturated heterocycles. The number of H-pyrrole nitrogens is 1. The molecule has 8 atom stereocenters. The molecule has 3 heterocycles. The molecule has 4 aliphatic rings. The molecule has 206 valence electrons. The number of carboxylic acid groups (broad SMARTS) is 1. The summed E-state index contributed by atoms with van der Waals surface area (Å²) in [6.45, 7) is 1.70. The molecule has 7 unspecified atom stereocenters. The average molecular weight is 597 g/mol. The number of thioether (sulfide) groups is 1. The number of nitrogens with one attached hydrogen (secondary N) is 1. The highest BCUT2D eigenvalue weighted by atomic mass is 35.5. The number of fused-ring (bicyclic) bond motifs is 9. The van der Waals surface area contributed by atoms with E-state index < -0.39 is 23.8 Å². The summed E-state index contributed by atoms with van der Waals surface area (Å²) >= 11 is 8.95. The number of benzene rings is 2. The molecule has 7 rings (SSSR count). The van der Waals surface area contributed by atoms with Gasteiger partial charge in [-0.05, 0) is 54.9 Å². The molecule has 3 aromatic rings. The largest absolute Gasteiger partial charge is 0.489 e. The summed E-state index contributed by atoms with van der Waals surface area (Å²) in [5, 5.41) is 11.0. The minimum absolute atomic E-state index is 0.00632. The van der Waals surface area contributed by atoms with Crippen LogP contribution in [0.3, 0.4) is 0 Å². The van der Waals surface area contributed by atoms with Crippen LogP contribution >= 0.6 is 34.7 Å². The number of carbonyl (C=O) groups is 3. The van der Waals surface area contributed by atoms with Gasteiger partial charge in [-0.15, -0.1) is 11.8 Å². The van der Waals surface area contributed by atoms with Crippen molar-refractivity contribution in [2.45, 2.75) is 42.2 Å². The number of hydrogen-bond acceptors (Lipinski definition) is 7. The second-order valence-electron chi connectivity index (χ2n) is 11.0. The van der Waals surface area contributed by atoms with Gasteiger partial charge in [-0.2, -0.15) is 0 Å². The molecule has 2 N–H and O–H groups in total. The summed E-state index contributed by atoms with van der Waals surface area (Å²) in [5.74, 6) is -2.70. The second kappa shape index (κ2) is 9.49. The highest BCUT2D eigenvalue weighted by Crippen LogP contribution is 2.69. The van der Waals surface area contributed by atoms with Crippen molar-refractivity contribution >= 4 is 52.5 Å². The first-order chi connectivity index (χ1) is 19.2. The van der Waals surface area contributed by atoms with Crippen LogP contribution in [0.4, 0.5) is 0 Å². The Bertz CT molecular complexity index is 1620. The van der Waals surface area contributed by atoms with Gasteiger partial charge in [0.1, 0.15) is 18.4 Å². The van der Waals surface area contributed by atoms with E-state index in [0.717, 1.165) is 32.4 Å². The van der Waals surface area contributed by atoms with Crippen LogP contribution in [0.5, 0.6) is 5.75 Å². The van der Waals surface area contributed by atoms with Gasteiger partial charge in [0.05, 0.1) is 16.9 Å². The lowest BCUT2D eigenvalue weighted by Crippen LogP contribution is -2.44. The fraction of sp³-hybridized carbons (Fsp3) is 0.379. The van der Waals surface area contributed by atoms with Crippen LogP contribution in [0.1, 0.15) is 35.3 Å². The van der Waals surface area contributed by atoms with Gasteiger partial charge in [0.15, 0.2) is 0 Å². The van der Waals surface area contributed by atoms with Gasteiger partial charge in [-0.3, -0.25) is 19.3 Å².